The molecule has 2 atom stereocenters. The fraction of sp³-hybridized carbons (Fsp3) is 0.559. The van der Waals surface area contributed by atoms with Crippen molar-refractivity contribution < 1.29 is 14.7 Å². The molecular formula is C34H48BrN7O3. The number of aliphatic imine (C=N–C) groups is 1. The van der Waals surface area contributed by atoms with Crippen molar-refractivity contribution in [1.29, 1.82) is 0 Å². The molecule has 1 amide bonds. The predicted octanol–water partition coefficient (Wildman–Crippen LogP) is 7.49. The van der Waals surface area contributed by atoms with Crippen molar-refractivity contribution in [3.05, 3.63) is 53.3 Å². The van der Waals surface area contributed by atoms with E-state index in [0.717, 1.165) is 59.0 Å². The van der Waals surface area contributed by atoms with Gasteiger partial charge in [-0.3, -0.25) is 19.5 Å². The minimum absolute atomic E-state index is 0.205. The van der Waals surface area contributed by atoms with Gasteiger partial charge in [0.15, 0.2) is 0 Å². The fourth-order valence-corrected chi connectivity index (χ4v) is 6.49. The Balaban J connectivity index is 1.38. The molecule has 0 bridgehead atoms. The molecule has 45 heavy (non-hydrogen) atoms. The van der Waals surface area contributed by atoms with E-state index in [4.69, 9.17) is 0 Å². The molecule has 1 aliphatic rings. The van der Waals surface area contributed by atoms with Crippen LogP contribution in [0.2, 0.25) is 0 Å². The zero-order chi connectivity index (χ0) is 32.0. The number of carboxylic acids is 1. The number of aromatic amines is 1. The molecule has 1 aliphatic heterocycles. The lowest BCUT2D eigenvalue weighted by Gasteiger charge is -2.29. The molecule has 11 heteroatoms. The van der Waals surface area contributed by atoms with Crippen LogP contribution in [-0.4, -0.2) is 60.5 Å². The van der Waals surface area contributed by atoms with E-state index >= 15 is 0 Å². The SMILES string of the molecule is CCCCCCCC/C=C\CCCCCC(C(=O)N1CCN=C1Nc1ccc2[nH]cnc2c1Br)C(Cc1cncn1C)C(=O)O. The van der Waals surface area contributed by atoms with Crippen LogP contribution in [0.25, 0.3) is 11.0 Å². The number of hydrogen-bond acceptors (Lipinski definition) is 6. The van der Waals surface area contributed by atoms with Crippen molar-refractivity contribution in [3.8, 4) is 0 Å². The van der Waals surface area contributed by atoms with Crippen LogP contribution in [0.1, 0.15) is 89.7 Å². The minimum Gasteiger partial charge on any atom is -0.481 e. The van der Waals surface area contributed by atoms with Gasteiger partial charge < -0.3 is 20.0 Å². The van der Waals surface area contributed by atoms with Crippen molar-refractivity contribution in [1.82, 2.24) is 24.4 Å². The van der Waals surface area contributed by atoms with Crippen LogP contribution in [0.5, 0.6) is 0 Å². The monoisotopic (exact) mass is 681 g/mol. The number of aromatic nitrogens is 4. The lowest BCUT2D eigenvalue weighted by Crippen LogP contribution is -2.45. The third-order valence-electron chi connectivity index (χ3n) is 8.63. The lowest BCUT2D eigenvalue weighted by atomic mass is 9.83. The number of aryl methyl sites for hydroxylation is 1. The van der Waals surface area contributed by atoms with E-state index < -0.39 is 17.8 Å². The number of nitrogens with zero attached hydrogens (tertiary/aromatic N) is 5. The lowest BCUT2D eigenvalue weighted by molar-refractivity contribution is -0.149. The van der Waals surface area contributed by atoms with Crippen LogP contribution in [0.3, 0.4) is 0 Å². The molecule has 0 saturated carbocycles. The minimum atomic E-state index is -0.968. The first-order valence-electron chi connectivity index (χ1n) is 16.5. The highest BCUT2D eigenvalue weighted by Crippen LogP contribution is 2.31. The van der Waals surface area contributed by atoms with E-state index in [0.29, 0.717) is 25.5 Å². The van der Waals surface area contributed by atoms with E-state index in [1.54, 1.807) is 23.8 Å². The van der Waals surface area contributed by atoms with Crippen LogP contribution in [0.4, 0.5) is 5.69 Å². The maximum absolute atomic E-state index is 14.2. The summed E-state index contributed by atoms with van der Waals surface area (Å²) in [5, 5.41) is 13.7. The number of hydrogen-bond donors (Lipinski definition) is 3. The van der Waals surface area contributed by atoms with Gasteiger partial charge in [0.25, 0.3) is 0 Å². The zero-order valence-electron chi connectivity index (χ0n) is 26.7. The van der Waals surface area contributed by atoms with Crippen LogP contribution in [0, 0.1) is 11.8 Å². The number of anilines is 1. The molecule has 244 valence electrons. The Bertz CT molecular complexity index is 1450. The van der Waals surface area contributed by atoms with Crippen LogP contribution < -0.4 is 5.32 Å². The summed E-state index contributed by atoms with van der Waals surface area (Å²) in [6.45, 7) is 3.10. The highest BCUT2D eigenvalue weighted by molar-refractivity contribution is 9.10. The maximum Gasteiger partial charge on any atom is 0.307 e. The van der Waals surface area contributed by atoms with Gasteiger partial charge in [0.2, 0.25) is 11.9 Å². The molecule has 3 aromatic rings. The molecule has 3 heterocycles. The Morgan fingerprint density at radius 3 is 2.51 bits per heavy atom. The van der Waals surface area contributed by atoms with E-state index in [9.17, 15) is 14.7 Å². The molecule has 1 aromatic carbocycles. The first-order chi connectivity index (χ1) is 21.9. The number of allylic oxidation sites excluding steroid dienone is 2. The average Bonchev–Trinajstić information content (AvgIpc) is 3.79. The highest BCUT2D eigenvalue weighted by Gasteiger charge is 2.39. The van der Waals surface area contributed by atoms with Crippen molar-refractivity contribution in [2.24, 2.45) is 23.9 Å². The van der Waals surface area contributed by atoms with Gasteiger partial charge in [-0.15, -0.1) is 0 Å². The summed E-state index contributed by atoms with van der Waals surface area (Å²) in [6.07, 6.45) is 23.0. The summed E-state index contributed by atoms with van der Waals surface area (Å²) in [5.74, 6) is -2.31. The first kappa shape index (κ1) is 34.4. The molecule has 2 unspecified atom stereocenters. The molecule has 4 rings (SSSR count). The standard InChI is InChI=1S/C34H48BrN7O3/c1-3-4-5-6-7-8-9-10-11-12-13-14-15-16-26(27(33(44)45)21-25-22-36-24-41(25)2)32(43)42-20-19-37-34(42)40-28-17-18-29-31(30(28)35)39-23-38-29/h10-11,17-18,22-24,26-27H,3-9,12-16,19-21H2,1-2H3,(H,37,40)(H,38,39)(H,44,45)/b11-10-. The molecule has 2 aromatic heterocycles. The van der Waals surface area contributed by atoms with Gasteiger partial charge in [-0.05, 0) is 60.2 Å². The second-order valence-corrected chi connectivity index (χ2v) is 12.8. The summed E-state index contributed by atoms with van der Waals surface area (Å²) < 4.78 is 2.59. The van der Waals surface area contributed by atoms with Crippen molar-refractivity contribution >= 4 is 50.5 Å². The highest BCUT2D eigenvalue weighted by atomic mass is 79.9. The van der Waals surface area contributed by atoms with Crippen molar-refractivity contribution in [2.45, 2.75) is 90.4 Å². The smallest absolute Gasteiger partial charge is 0.307 e. The number of unbranched alkanes of at least 4 members (excludes halogenated alkanes) is 9. The van der Waals surface area contributed by atoms with Gasteiger partial charge in [0, 0.05) is 31.9 Å². The number of imidazole rings is 2. The molecule has 0 saturated heterocycles. The Kier molecular flexibility index (Phi) is 13.7. The number of carbonyl (C=O) groups excluding carboxylic acids is 1. The number of benzene rings is 1. The normalized spacial score (nSPS) is 14.7. The number of aliphatic carboxylic acids is 1. The number of carbonyl (C=O) groups is 2. The Morgan fingerprint density at radius 1 is 1.07 bits per heavy atom. The van der Waals surface area contributed by atoms with Gasteiger partial charge >= 0.3 is 5.97 Å². The number of rotatable bonds is 19. The largest absolute Gasteiger partial charge is 0.481 e. The molecule has 10 nitrogen and oxygen atoms in total. The van der Waals surface area contributed by atoms with Crippen LogP contribution in [0.15, 0.2) is 52.6 Å². The number of nitrogens with one attached hydrogen (secondary N) is 2. The van der Waals surface area contributed by atoms with E-state index in [-0.39, 0.29) is 12.3 Å². The summed E-state index contributed by atoms with van der Waals surface area (Å²) in [6, 6.07) is 3.81. The third kappa shape index (κ3) is 9.76. The van der Waals surface area contributed by atoms with Gasteiger partial charge in [-0.2, -0.15) is 0 Å². The summed E-state index contributed by atoms with van der Waals surface area (Å²) >= 11 is 3.63. The van der Waals surface area contributed by atoms with Gasteiger partial charge in [0.05, 0.1) is 46.7 Å². The number of amides is 1. The maximum atomic E-state index is 14.2. The number of carboxylic acid groups (broad SMARTS) is 1. The molecular weight excluding hydrogens is 634 g/mol. The molecule has 0 aliphatic carbocycles. The number of H-pyrrole nitrogens is 1. The Labute approximate surface area is 274 Å². The van der Waals surface area contributed by atoms with Gasteiger partial charge in [0.1, 0.15) is 5.52 Å². The average molecular weight is 683 g/mol. The van der Waals surface area contributed by atoms with E-state index in [1.807, 2.05) is 23.7 Å². The predicted molar refractivity (Wildman–Crippen MR) is 183 cm³/mol. The molecule has 0 fully saturated rings. The first-order valence-corrected chi connectivity index (χ1v) is 17.3. The topological polar surface area (TPSA) is 128 Å². The zero-order valence-corrected chi connectivity index (χ0v) is 28.3. The van der Waals surface area contributed by atoms with Crippen molar-refractivity contribution in [3.63, 3.8) is 0 Å². The quantitative estimate of drug-likeness (QED) is 0.0888. The third-order valence-corrected chi connectivity index (χ3v) is 9.43. The molecule has 0 spiro atoms. The van der Waals surface area contributed by atoms with Crippen LogP contribution in [-0.2, 0) is 23.1 Å². The molecule has 3 N–H and O–H groups in total. The van der Waals surface area contributed by atoms with Crippen molar-refractivity contribution in [2.75, 3.05) is 18.4 Å². The van der Waals surface area contributed by atoms with E-state index in [2.05, 4.69) is 60.3 Å². The Morgan fingerprint density at radius 2 is 1.80 bits per heavy atom. The number of halogens is 1. The molecule has 0 radical (unpaired) electrons. The summed E-state index contributed by atoms with van der Waals surface area (Å²) in [4.78, 5) is 44.7. The summed E-state index contributed by atoms with van der Waals surface area (Å²) in [5.41, 5.74) is 3.19. The second kappa shape index (κ2) is 17.9. The number of guanidine groups is 1. The number of fused-ring (bicyclic) bond motifs is 1. The second-order valence-electron chi connectivity index (χ2n) is 12.0. The Hall–Kier alpha value is -3.47. The van der Waals surface area contributed by atoms with E-state index in [1.165, 1.54) is 38.5 Å². The van der Waals surface area contributed by atoms with Crippen LogP contribution >= 0.6 is 15.9 Å². The summed E-state index contributed by atoms with van der Waals surface area (Å²) in [7, 11) is 1.85. The van der Waals surface area contributed by atoms with Gasteiger partial charge in [-0.25, -0.2) is 9.97 Å². The fourth-order valence-electron chi connectivity index (χ4n) is 5.95. The van der Waals surface area contributed by atoms with Gasteiger partial charge in [-0.1, -0.05) is 64.0 Å².